The Morgan fingerprint density at radius 2 is 1.77 bits per heavy atom. The Bertz CT molecular complexity index is 616. The maximum Gasteiger partial charge on any atom is 0.316 e. The number of rotatable bonds is 6. The molecule has 3 atom stereocenters. The predicted octanol–water partition coefficient (Wildman–Crippen LogP) is 1.08. The molecule has 1 amide bonds. The van der Waals surface area contributed by atoms with Gasteiger partial charge >= 0.3 is 5.97 Å². The lowest BCUT2D eigenvalue weighted by atomic mass is 9.75. The highest BCUT2D eigenvalue weighted by Crippen LogP contribution is 2.34. The summed E-state index contributed by atoms with van der Waals surface area (Å²) in [6.45, 7) is 3.09. The smallest absolute Gasteiger partial charge is 0.316 e. The van der Waals surface area contributed by atoms with Gasteiger partial charge < -0.3 is 10.5 Å². The summed E-state index contributed by atoms with van der Waals surface area (Å²) in [5.74, 6) is -5.71. The van der Waals surface area contributed by atoms with Crippen LogP contribution in [0.15, 0.2) is 24.3 Å². The Balaban J connectivity index is 3.47. The third-order valence-electron chi connectivity index (χ3n) is 3.52. The molecule has 0 aliphatic rings. The molecule has 1 aromatic rings. The second-order valence-electron chi connectivity index (χ2n) is 5.06. The number of aryl methyl sites for hydroxylation is 1. The summed E-state index contributed by atoms with van der Waals surface area (Å²) in [7, 11) is 1.15. The maximum absolute atomic E-state index is 12.0. The van der Waals surface area contributed by atoms with E-state index in [1.54, 1.807) is 30.3 Å². The van der Waals surface area contributed by atoms with E-state index < -0.39 is 35.4 Å². The highest BCUT2D eigenvalue weighted by atomic mass is 16.5. The topological polar surface area (TPSA) is 110 Å². The minimum atomic E-state index is -1.31. The lowest BCUT2D eigenvalue weighted by molar-refractivity contribution is -0.150. The van der Waals surface area contributed by atoms with Crippen molar-refractivity contribution in [1.82, 2.24) is 0 Å². The van der Waals surface area contributed by atoms with E-state index in [0.29, 0.717) is 5.56 Å². The van der Waals surface area contributed by atoms with Crippen LogP contribution in [0.25, 0.3) is 0 Å². The molecular weight excluding hydrogens is 284 g/mol. The van der Waals surface area contributed by atoms with Crippen molar-refractivity contribution in [3.63, 3.8) is 0 Å². The Morgan fingerprint density at radius 1 is 1.23 bits per heavy atom. The molecule has 0 radical (unpaired) electrons. The summed E-state index contributed by atoms with van der Waals surface area (Å²) in [4.78, 5) is 35.5. The predicted molar refractivity (Wildman–Crippen MR) is 78.4 cm³/mol. The number of nitriles is 1. The first-order valence-corrected chi connectivity index (χ1v) is 6.67. The monoisotopic (exact) mass is 302 g/mol. The zero-order valence-electron chi connectivity index (χ0n) is 12.7. The second-order valence-corrected chi connectivity index (χ2v) is 5.06. The van der Waals surface area contributed by atoms with E-state index in [1.807, 2.05) is 6.92 Å². The van der Waals surface area contributed by atoms with Crippen molar-refractivity contribution in [3.05, 3.63) is 35.4 Å². The number of esters is 1. The minimum Gasteiger partial charge on any atom is -0.468 e. The molecule has 0 aliphatic carbocycles. The third-order valence-corrected chi connectivity index (χ3v) is 3.52. The number of carbonyl (C=O) groups excluding carboxylic acids is 3. The Kier molecular flexibility index (Phi) is 5.81. The molecule has 6 nitrogen and oxygen atoms in total. The van der Waals surface area contributed by atoms with Crippen LogP contribution in [-0.2, 0) is 19.1 Å². The fourth-order valence-electron chi connectivity index (χ4n) is 2.38. The SMILES string of the molecule is COC(=O)C(C(C)=O)C(c1ccc(C)cc1)C(C#N)C(N)=O. The van der Waals surface area contributed by atoms with E-state index in [9.17, 15) is 19.6 Å². The standard InChI is InChI=1S/C16H18N2O4/c1-9-4-6-11(7-5-9)14(12(8-17)15(18)20)13(10(2)19)16(21)22-3/h4-7,12-14H,1-3H3,(H2,18,20). The van der Waals surface area contributed by atoms with Gasteiger partial charge in [-0.3, -0.25) is 14.4 Å². The Labute approximate surface area is 128 Å². The van der Waals surface area contributed by atoms with Crippen molar-refractivity contribution in [2.24, 2.45) is 17.6 Å². The molecule has 6 heteroatoms. The Hall–Kier alpha value is -2.68. The number of benzene rings is 1. The number of primary amides is 1. The van der Waals surface area contributed by atoms with Gasteiger partial charge in [-0.05, 0) is 19.4 Å². The number of hydrogen-bond acceptors (Lipinski definition) is 5. The number of methoxy groups -OCH3 is 1. The van der Waals surface area contributed by atoms with Crippen LogP contribution in [0.5, 0.6) is 0 Å². The average molecular weight is 302 g/mol. The van der Waals surface area contributed by atoms with Crippen molar-refractivity contribution in [2.75, 3.05) is 7.11 Å². The number of hydrogen-bond donors (Lipinski definition) is 1. The number of ether oxygens (including phenoxy) is 1. The molecule has 116 valence electrons. The summed E-state index contributed by atoms with van der Waals surface area (Å²) in [5, 5.41) is 9.25. The number of amides is 1. The molecule has 0 fully saturated rings. The Morgan fingerprint density at radius 3 is 2.14 bits per heavy atom. The quantitative estimate of drug-likeness (QED) is 0.624. The van der Waals surface area contributed by atoms with Crippen molar-refractivity contribution in [2.45, 2.75) is 19.8 Å². The van der Waals surface area contributed by atoms with Gasteiger partial charge in [0.25, 0.3) is 0 Å². The molecule has 1 aromatic carbocycles. The van der Waals surface area contributed by atoms with Crippen LogP contribution in [0, 0.1) is 30.1 Å². The van der Waals surface area contributed by atoms with Gasteiger partial charge in [-0.1, -0.05) is 29.8 Å². The van der Waals surface area contributed by atoms with Crippen LogP contribution in [0.4, 0.5) is 0 Å². The second kappa shape index (κ2) is 7.36. The van der Waals surface area contributed by atoms with Gasteiger partial charge in [-0.25, -0.2) is 0 Å². The van der Waals surface area contributed by atoms with Crippen molar-refractivity contribution in [3.8, 4) is 6.07 Å². The fourth-order valence-corrected chi connectivity index (χ4v) is 2.38. The summed E-state index contributed by atoms with van der Waals surface area (Å²) < 4.78 is 4.65. The highest BCUT2D eigenvalue weighted by Gasteiger charge is 2.41. The van der Waals surface area contributed by atoms with Gasteiger partial charge in [0.2, 0.25) is 5.91 Å². The summed E-state index contributed by atoms with van der Waals surface area (Å²) in [5.41, 5.74) is 6.75. The molecule has 0 saturated carbocycles. The molecule has 1 rings (SSSR count). The van der Waals surface area contributed by atoms with Crippen molar-refractivity contribution < 1.29 is 19.1 Å². The minimum absolute atomic E-state index is 0.487. The van der Waals surface area contributed by atoms with Crippen LogP contribution in [-0.4, -0.2) is 24.8 Å². The third kappa shape index (κ3) is 3.70. The van der Waals surface area contributed by atoms with E-state index in [4.69, 9.17) is 5.73 Å². The molecule has 0 saturated heterocycles. The number of carbonyl (C=O) groups is 3. The molecule has 0 bridgehead atoms. The number of nitrogens with two attached hydrogens (primary N) is 1. The zero-order chi connectivity index (χ0) is 16.9. The number of ketones is 1. The van der Waals surface area contributed by atoms with Gasteiger partial charge in [-0.15, -0.1) is 0 Å². The summed E-state index contributed by atoms with van der Waals surface area (Å²) in [6.07, 6.45) is 0. The lowest BCUT2D eigenvalue weighted by Crippen LogP contribution is -2.38. The van der Waals surface area contributed by atoms with Gasteiger partial charge in [0, 0.05) is 5.92 Å². The summed E-state index contributed by atoms with van der Waals surface area (Å²) >= 11 is 0. The molecular formula is C16H18N2O4. The molecule has 0 aliphatic heterocycles. The van der Waals surface area contributed by atoms with E-state index in [0.717, 1.165) is 12.7 Å². The van der Waals surface area contributed by atoms with E-state index in [1.165, 1.54) is 6.92 Å². The van der Waals surface area contributed by atoms with Crippen molar-refractivity contribution in [1.29, 1.82) is 5.26 Å². The highest BCUT2D eigenvalue weighted by molar-refractivity contribution is 5.99. The summed E-state index contributed by atoms with van der Waals surface area (Å²) in [6, 6.07) is 8.68. The molecule has 0 spiro atoms. The molecule has 2 N–H and O–H groups in total. The van der Waals surface area contributed by atoms with Crippen LogP contribution in [0.1, 0.15) is 24.0 Å². The zero-order valence-corrected chi connectivity index (χ0v) is 12.7. The van der Waals surface area contributed by atoms with Crippen LogP contribution < -0.4 is 5.73 Å². The van der Waals surface area contributed by atoms with Crippen molar-refractivity contribution >= 4 is 17.7 Å². The molecule has 22 heavy (non-hydrogen) atoms. The first kappa shape index (κ1) is 17.4. The van der Waals surface area contributed by atoms with Gasteiger partial charge in [0.05, 0.1) is 13.2 Å². The van der Waals surface area contributed by atoms with E-state index in [-0.39, 0.29) is 0 Å². The first-order chi connectivity index (χ1) is 10.3. The average Bonchev–Trinajstić information content (AvgIpc) is 2.46. The van der Waals surface area contributed by atoms with Crippen LogP contribution in [0.2, 0.25) is 0 Å². The van der Waals surface area contributed by atoms with E-state index in [2.05, 4.69) is 4.74 Å². The largest absolute Gasteiger partial charge is 0.468 e. The molecule has 3 unspecified atom stereocenters. The van der Waals surface area contributed by atoms with Crippen LogP contribution >= 0.6 is 0 Å². The van der Waals surface area contributed by atoms with Gasteiger partial charge in [0.15, 0.2) is 0 Å². The lowest BCUT2D eigenvalue weighted by Gasteiger charge is -2.26. The normalized spacial score (nSPS) is 14.3. The molecule has 0 aromatic heterocycles. The number of Topliss-reactive ketones (excluding diaryl/α,β-unsaturated/α-hetero) is 1. The number of nitrogens with zero attached hydrogens (tertiary/aromatic N) is 1. The van der Waals surface area contributed by atoms with Crippen LogP contribution in [0.3, 0.4) is 0 Å². The maximum atomic E-state index is 12.0. The molecule has 0 heterocycles. The van der Waals surface area contributed by atoms with Gasteiger partial charge in [0.1, 0.15) is 17.6 Å². The van der Waals surface area contributed by atoms with Gasteiger partial charge in [-0.2, -0.15) is 5.26 Å². The fraction of sp³-hybridized carbons (Fsp3) is 0.375. The van der Waals surface area contributed by atoms with E-state index >= 15 is 0 Å². The first-order valence-electron chi connectivity index (χ1n) is 6.67.